The van der Waals surface area contributed by atoms with E-state index in [2.05, 4.69) is 63.6 Å². The molecule has 18 heavy (non-hydrogen) atoms. The van der Waals surface area contributed by atoms with Crippen molar-refractivity contribution in [3.63, 3.8) is 0 Å². The van der Waals surface area contributed by atoms with Gasteiger partial charge in [-0.25, -0.2) is 0 Å². The molecule has 2 N–H and O–H groups in total. The van der Waals surface area contributed by atoms with Gasteiger partial charge in [0, 0.05) is 11.0 Å². The van der Waals surface area contributed by atoms with Crippen LogP contribution in [0.2, 0.25) is 0 Å². The second-order valence-corrected chi connectivity index (χ2v) is 4.96. The number of benzene rings is 1. The summed E-state index contributed by atoms with van der Waals surface area (Å²) < 4.78 is 1.05. The van der Waals surface area contributed by atoms with E-state index < -0.39 is 0 Å². The molecule has 0 amide bonds. The molecule has 0 unspecified atom stereocenters. The van der Waals surface area contributed by atoms with Crippen molar-refractivity contribution in [2.24, 2.45) is 0 Å². The van der Waals surface area contributed by atoms with Crippen LogP contribution in [0.1, 0.15) is 12.5 Å². The van der Waals surface area contributed by atoms with Crippen LogP contribution in [-0.4, -0.2) is 11.5 Å². The van der Waals surface area contributed by atoms with Gasteiger partial charge in [0.2, 0.25) is 0 Å². The first kappa shape index (κ1) is 12.9. The maximum Gasteiger partial charge on any atom is 0.0591 e. The fourth-order valence-corrected chi connectivity index (χ4v) is 2.28. The molecule has 0 radical (unpaired) electrons. The largest absolute Gasteiger partial charge is 0.384 e. The summed E-state index contributed by atoms with van der Waals surface area (Å²) in [5, 5.41) is 6.59. The number of nitrogens with zero attached hydrogens (tertiary/aromatic N) is 1. The Kier molecular flexibility index (Phi) is 4.20. The lowest BCUT2D eigenvalue weighted by Crippen LogP contribution is -1.99. The van der Waals surface area contributed by atoms with Gasteiger partial charge < -0.3 is 10.6 Å². The number of rotatable bonds is 4. The fourth-order valence-electron chi connectivity index (χ4n) is 1.69. The van der Waals surface area contributed by atoms with Crippen LogP contribution in [0.25, 0.3) is 0 Å². The minimum Gasteiger partial charge on any atom is -0.384 e. The Labute approximate surface area is 116 Å². The van der Waals surface area contributed by atoms with Gasteiger partial charge >= 0.3 is 0 Å². The van der Waals surface area contributed by atoms with Gasteiger partial charge in [-0.3, -0.25) is 4.98 Å². The average Bonchev–Trinajstić information content (AvgIpc) is 2.34. The highest BCUT2D eigenvalue weighted by Crippen LogP contribution is 2.27. The van der Waals surface area contributed by atoms with Crippen LogP contribution in [0.5, 0.6) is 0 Å². The van der Waals surface area contributed by atoms with Crippen LogP contribution >= 0.6 is 15.9 Å². The topological polar surface area (TPSA) is 37.0 Å². The number of hydrogen-bond acceptors (Lipinski definition) is 3. The Balaban J connectivity index is 2.20. The number of aromatic nitrogens is 1. The molecule has 0 aliphatic heterocycles. The van der Waals surface area contributed by atoms with Gasteiger partial charge in [-0.15, -0.1) is 0 Å². The Hall–Kier alpha value is -1.55. The molecule has 4 heteroatoms. The first-order valence-corrected chi connectivity index (χ1v) is 6.70. The number of anilines is 3. The summed E-state index contributed by atoms with van der Waals surface area (Å²) in [6.45, 7) is 5.03. The van der Waals surface area contributed by atoms with E-state index in [4.69, 9.17) is 0 Å². The zero-order valence-corrected chi connectivity index (χ0v) is 12.1. The first-order valence-electron chi connectivity index (χ1n) is 5.91. The number of hydrogen-bond donors (Lipinski definition) is 2. The number of halogens is 1. The summed E-state index contributed by atoms with van der Waals surface area (Å²) in [5.74, 6) is 0. The number of pyridine rings is 1. The lowest BCUT2D eigenvalue weighted by atomic mass is 10.2. The van der Waals surface area contributed by atoms with Crippen LogP contribution in [0.4, 0.5) is 17.1 Å². The third kappa shape index (κ3) is 3.23. The molecule has 0 aliphatic carbocycles. The maximum atomic E-state index is 4.21. The zero-order valence-electron chi connectivity index (χ0n) is 10.5. The van der Waals surface area contributed by atoms with E-state index in [1.807, 2.05) is 18.5 Å². The average molecular weight is 306 g/mol. The molecule has 2 aromatic rings. The molecule has 0 spiro atoms. The van der Waals surface area contributed by atoms with E-state index in [9.17, 15) is 0 Å². The highest BCUT2D eigenvalue weighted by atomic mass is 79.9. The summed E-state index contributed by atoms with van der Waals surface area (Å²) in [4.78, 5) is 4.21. The number of aryl methyl sites for hydroxylation is 1. The highest BCUT2D eigenvalue weighted by Gasteiger charge is 2.01. The SMILES string of the molecule is CCNc1cncc(Nc2ccc(C)cc2Br)c1. The summed E-state index contributed by atoms with van der Waals surface area (Å²) in [7, 11) is 0. The fraction of sp³-hybridized carbons (Fsp3) is 0.214. The lowest BCUT2D eigenvalue weighted by molar-refractivity contribution is 1.19. The zero-order chi connectivity index (χ0) is 13.0. The van der Waals surface area contributed by atoms with Gasteiger partial charge in [-0.05, 0) is 53.5 Å². The van der Waals surface area contributed by atoms with Crippen molar-refractivity contribution in [2.45, 2.75) is 13.8 Å². The van der Waals surface area contributed by atoms with Gasteiger partial charge in [0.05, 0.1) is 29.5 Å². The molecule has 1 aromatic carbocycles. The Morgan fingerprint density at radius 3 is 2.67 bits per heavy atom. The lowest BCUT2D eigenvalue weighted by Gasteiger charge is -2.10. The van der Waals surface area contributed by atoms with Gasteiger partial charge in [0.25, 0.3) is 0 Å². The summed E-state index contributed by atoms with van der Waals surface area (Å²) >= 11 is 3.56. The molecule has 0 aliphatic rings. The third-order valence-electron chi connectivity index (χ3n) is 2.52. The van der Waals surface area contributed by atoms with Crippen LogP contribution in [0.15, 0.2) is 41.1 Å². The van der Waals surface area contributed by atoms with Crippen LogP contribution in [-0.2, 0) is 0 Å². The normalized spacial score (nSPS) is 10.2. The Bertz CT molecular complexity index is 540. The van der Waals surface area contributed by atoms with Gasteiger partial charge in [0.15, 0.2) is 0 Å². The van der Waals surface area contributed by atoms with Crippen molar-refractivity contribution in [1.82, 2.24) is 4.98 Å². The van der Waals surface area contributed by atoms with Crippen LogP contribution in [0, 0.1) is 6.92 Å². The molecule has 0 saturated carbocycles. The second kappa shape index (κ2) is 5.87. The number of nitrogens with one attached hydrogen (secondary N) is 2. The summed E-state index contributed by atoms with van der Waals surface area (Å²) in [6, 6.07) is 8.26. The second-order valence-electron chi connectivity index (χ2n) is 4.10. The standard InChI is InChI=1S/C14H16BrN3/c1-3-17-11-7-12(9-16-8-11)18-14-5-4-10(2)6-13(14)15/h4-9,17-18H,3H2,1-2H3. The maximum absolute atomic E-state index is 4.21. The molecule has 3 nitrogen and oxygen atoms in total. The Morgan fingerprint density at radius 1 is 1.17 bits per heavy atom. The minimum atomic E-state index is 0.888. The molecule has 2 rings (SSSR count). The first-order chi connectivity index (χ1) is 8.69. The van der Waals surface area contributed by atoms with E-state index in [0.717, 1.165) is 28.1 Å². The van der Waals surface area contributed by atoms with Crippen LogP contribution < -0.4 is 10.6 Å². The van der Waals surface area contributed by atoms with Crippen molar-refractivity contribution >= 4 is 33.0 Å². The van der Waals surface area contributed by atoms with E-state index >= 15 is 0 Å². The smallest absolute Gasteiger partial charge is 0.0591 e. The van der Waals surface area contributed by atoms with Crippen molar-refractivity contribution in [3.8, 4) is 0 Å². The van der Waals surface area contributed by atoms with Gasteiger partial charge in [-0.1, -0.05) is 6.07 Å². The molecule has 0 atom stereocenters. The summed E-state index contributed by atoms with van der Waals surface area (Å²) in [5.41, 5.74) is 4.26. The van der Waals surface area contributed by atoms with Gasteiger partial charge in [-0.2, -0.15) is 0 Å². The summed E-state index contributed by atoms with van der Waals surface area (Å²) in [6.07, 6.45) is 3.63. The van der Waals surface area contributed by atoms with Crippen LogP contribution in [0.3, 0.4) is 0 Å². The molecule has 1 aromatic heterocycles. The van der Waals surface area contributed by atoms with Crippen molar-refractivity contribution in [2.75, 3.05) is 17.2 Å². The molecule has 94 valence electrons. The predicted molar refractivity (Wildman–Crippen MR) is 80.6 cm³/mol. The highest BCUT2D eigenvalue weighted by molar-refractivity contribution is 9.10. The third-order valence-corrected chi connectivity index (χ3v) is 3.18. The molecule has 0 bridgehead atoms. The van der Waals surface area contributed by atoms with Crippen molar-refractivity contribution in [1.29, 1.82) is 0 Å². The van der Waals surface area contributed by atoms with Gasteiger partial charge in [0.1, 0.15) is 0 Å². The van der Waals surface area contributed by atoms with E-state index in [-0.39, 0.29) is 0 Å². The molecular weight excluding hydrogens is 290 g/mol. The Morgan fingerprint density at radius 2 is 1.94 bits per heavy atom. The van der Waals surface area contributed by atoms with E-state index in [1.165, 1.54) is 5.56 Å². The van der Waals surface area contributed by atoms with Crippen molar-refractivity contribution < 1.29 is 0 Å². The predicted octanol–water partition coefficient (Wildman–Crippen LogP) is 4.33. The monoisotopic (exact) mass is 305 g/mol. The van der Waals surface area contributed by atoms with E-state index in [1.54, 1.807) is 0 Å². The van der Waals surface area contributed by atoms with E-state index in [0.29, 0.717) is 0 Å². The molecule has 1 heterocycles. The minimum absolute atomic E-state index is 0.888. The molecule has 0 saturated heterocycles. The quantitative estimate of drug-likeness (QED) is 0.883. The molecule has 0 fully saturated rings. The van der Waals surface area contributed by atoms with Crippen molar-refractivity contribution in [3.05, 3.63) is 46.7 Å². The molecular formula is C14H16BrN3.